The van der Waals surface area contributed by atoms with Crippen molar-refractivity contribution >= 4 is 29.3 Å². The zero-order chi connectivity index (χ0) is 21.3. The summed E-state index contributed by atoms with van der Waals surface area (Å²) in [5, 5.41) is 2.59. The molecule has 4 rings (SSSR count). The highest BCUT2D eigenvalue weighted by Crippen LogP contribution is 2.30. The van der Waals surface area contributed by atoms with E-state index in [4.69, 9.17) is 0 Å². The second kappa shape index (κ2) is 8.18. The number of hydrogen-bond donors (Lipinski definition) is 1. The molecule has 7 heteroatoms. The van der Waals surface area contributed by atoms with Gasteiger partial charge in [0, 0.05) is 43.9 Å². The number of carbonyl (C=O) groups is 2. The van der Waals surface area contributed by atoms with E-state index in [1.165, 1.54) is 0 Å². The van der Waals surface area contributed by atoms with Crippen molar-refractivity contribution in [2.75, 3.05) is 13.6 Å². The fraction of sp³-hybridized carbons (Fsp3) is 0.304. The van der Waals surface area contributed by atoms with Gasteiger partial charge in [0.05, 0.1) is 11.4 Å². The zero-order valence-electron chi connectivity index (χ0n) is 17.0. The van der Waals surface area contributed by atoms with E-state index in [0.717, 1.165) is 24.1 Å². The van der Waals surface area contributed by atoms with Gasteiger partial charge in [0.1, 0.15) is 11.9 Å². The molecule has 0 spiro atoms. The highest BCUT2D eigenvalue weighted by Gasteiger charge is 2.23. The third-order valence-electron chi connectivity index (χ3n) is 5.57. The molecule has 3 aliphatic rings. The molecule has 0 fully saturated rings. The molecule has 3 aliphatic heterocycles. The minimum absolute atomic E-state index is 0.0686. The van der Waals surface area contributed by atoms with Crippen LogP contribution in [-0.4, -0.2) is 48.2 Å². The lowest BCUT2D eigenvalue weighted by atomic mass is 9.97. The lowest BCUT2D eigenvalue weighted by Crippen LogP contribution is -2.30. The van der Waals surface area contributed by atoms with Gasteiger partial charge in [0.2, 0.25) is 5.91 Å². The van der Waals surface area contributed by atoms with Gasteiger partial charge in [0.25, 0.3) is 0 Å². The lowest BCUT2D eigenvalue weighted by molar-refractivity contribution is -0.120. The fourth-order valence-corrected chi connectivity index (χ4v) is 3.74. The molecule has 1 unspecified atom stereocenters. The average Bonchev–Trinajstić information content (AvgIpc) is 2.77. The van der Waals surface area contributed by atoms with Crippen LogP contribution in [0.2, 0.25) is 0 Å². The Morgan fingerprint density at radius 2 is 2.17 bits per heavy atom. The van der Waals surface area contributed by atoms with E-state index in [2.05, 4.69) is 15.3 Å². The first kappa shape index (κ1) is 19.9. The summed E-state index contributed by atoms with van der Waals surface area (Å²) >= 11 is 0. The van der Waals surface area contributed by atoms with Crippen molar-refractivity contribution in [3.05, 3.63) is 64.7 Å². The van der Waals surface area contributed by atoms with Gasteiger partial charge in [-0.1, -0.05) is 18.2 Å². The predicted molar refractivity (Wildman–Crippen MR) is 115 cm³/mol. The smallest absolute Gasteiger partial charge is 0.248 e. The summed E-state index contributed by atoms with van der Waals surface area (Å²) in [5.41, 5.74) is 4.04. The van der Waals surface area contributed by atoms with Crippen molar-refractivity contribution in [1.29, 1.82) is 0 Å². The standard InChI is InChI=1S/C23H23FN4O2/c1-14-21(29)11-18-19(27-14)5-4-17(22(18)24)13-28-9-7-15(8-10-28)16-3-6-20(26-12-16)23(30)25-2/h3-7,9,12,20H,8,10-11,13H2,1-2H3,(H,25,30). The van der Waals surface area contributed by atoms with Crippen LogP contribution >= 0.6 is 0 Å². The monoisotopic (exact) mass is 406 g/mol. The number of dihydropyridines is 1. The van der Waals surface area contributed by atoms with Crippen molar-refractivity contribution in [1.82, 2.24) is 10.2 Å². The van der Waals surface area contributed by atoms with E-state index >= 15 is 0 Å². The molecule has 6 nitrogen and oxygen atoms in total. The van der Waals surface area contributed by atoms with Crippen molar-refractivity contribution < 1.29 is 14.0 Å². The first-order valence-electron chi connectivity index (χ1n) is 9.93. The number of nitrogens with one attached hydrogen (secondary N) is 1. The van der Waals surface area contributed by atoms with E-state index in [-0.39, 0.29) is 23.9 Å². The van der Waals surface area contributed by atoms with E-state index in [1.54, 1.807) is 38.4 Å². The van der Waals surface area contributed by atoms with Crippen LogP contribution in [0, 0.1) is 5.82 Å². The summed E-state index contributed by atoms with van der Waals surface area (Å²) in [4.78, 5) is 34.1. The van der Waals surface area contributed by atoms with Gasteiger partial charge >= 0.3 is 0 Å². The summed E-state index contributed by atoms with van der Waals surface area (Å²) in [5.74, 6) is -0.600. The lowest BCUT2D eigenvalue weighted by Gasteiger charge is -2.26. The number of nitrogens with zero attached hydrogens (tertiary/aromatic N) is 3. The predicted octanol–water partition coefficient (Wildman–Crippen LogP) is 2.81. The number of Topliss-reactive ketones (excluding diaryl/α,β-unsaturated/α-hetero) is 1. The number of halogens is 1. The van der Waals surface area contributed by atoms with Gasteiger partial charge in [-0.3, -0.25) is 14.6 Å². The number of rotatable bonds is 3. The summed E-state index contributed by atoms with van der Waals surface area (Å²) < 4.78 is 15.0. The number of ketones is 1. The van der Waals surface area contributed by atoms with Gasteiger partial charge in [-0.15, -0.1) is 0 Å². The first-order valence-corrected chi connectivity index (χ1v) is 9.93. The number of carbonyl (C=O) groups excluding carboxylic acids is 2. The molecular weight excluding hydrogens is 383 g/mol. The van der Waals surface area contributed by atoms with E-state index in [0.29, 0.717) is 29.1 Å². The van der Waals surface area contributed by atoms with Crippen LogP contribution in [0.5, 0.6) is 0 Å². The number of likely N-dealkylation sites (N-methyl/N-ethyl adjacent to an activating group) is 1. The molecule has 0 aliphatic carbocycles. The molecule has 0 aromatic heterocycles. The topological polar surface area (TPSA) is 74.1 Å². The van der Waals surface area contributed by atoms with Gasteiger partial charge < -0.3 is 10.2 Å². The molecule has 1 amide bonds. The second-order valence-electron chi connectivity index (χ2n) is 7.55. The zero-order valence-corrected chi connectivity index (χ0v) is 17.0. The molecule has 0 radical (unpaired) electrons. The number of aliphatic imine (C=N–C) groups is 2. The minimum Gasteiger partial charge on any atom is -0.373 e. The summed E-state index contributed by atoms with van der Waals surface area (Å²) in [6.45, 7) is 2.83. The summed E-state index contributed by atoms with van der Waals surface area (Å²) in [7, 11) is 1.59. The number of allylic oxidation sites excluding steroid dienone is 3. The van der Waals surface area contributed by atoms with Crippen molar-refractivity contribution in [3.8, 4) is 0 Å². The van der Waals surface area contributed by atoms with Crippen LogP contribution in [0.25, 0.3) is 0 Å². The molecular formula is C23H23FN4O2. The van der Waals surface area contributed by atoms with E-state index in [9.17, 15) is 14.0 Å². The SMILES string of the molecule is CNC(=O)C1C=CC(=C2C=CN(Cc3ccc4c(c3F)CC(=O)C(C)=N4)CC2)C=N1. The Hall–Kier alpha value is -3.35. The van der Waals surface area contributed by atoms with Gasteiger partial charge in [-0.2, -0.15) is 0 Å². The number of hydrogen-bond acceptors (Lipinski definition) is 5. The molecule has 154 valence electrons. The molecule has 1 aromatic rings. The van der Waals surface area contributed by atoms with Crippen LogP contribution < -0.4 is 5.32 Å². The minimum atomic E-state index is -0.476. The number of benzene rings is 1. The maximum atomic E-state index is 15.0. The summed E-state index contributed by atoms with van der Waals surface area (Å²) in [6, 6.07) is 3.06. The Morgan fingerprint density at radius 1 is 1.33 bits per heavy atom. The van der Waals surface area contributed by atoms with Crippen molar-refractivity contribution in [2.24, 2.45) is 9.98 Å². The molecule has 0 saturated carbocycles. The third kappa shape index (κ3) is 3.87. The first-order chi connectivity index (χ1) is 14.5. The Kier molecular flexibility index (Phi) is 5.44. The molecule has 0 bridgehead atoms. The van der Waals surface area contributed by atoms with Crippen molar-refractivity contribution in [3.63, 3.8) is 0 Å². The largest absolute Gasteiger partial charge is 0.373 e. The highest BCUT2D eigenvalue weighted by atomic mass is 19.1. The third-order valence-corrected chi connectivity index (χ3v) is 5.57. The number of fused-ring (bicyclic) bond motifs is 1. The Balaban J connectivity index is 1.47. The number of amides is 1. The van der Waals surface area contributed by atoms with E-state index < -0.39 is 6.04 Å². The maximum Gasteiger partial charge on any atom is 0.248 e. The Morgan fingerprint density at radius 3 is 2.83 bits per heavy atom. The van der Waals surface area contributed by atoms with Crippen LogP contribution in [0.1, 0.15) is 24.5 Å². The molecule has 1 atom stereocenters. The van der Waals surface area contributed by atoms with Crippen LogP contribution in [0.15, 0.2) is 57.7 Å². The average molecular weight is 406 g/mol. The van der Waals surface area contributed by atoms with Gasteiger partial charge in [0.15, 0.2) is 5.78 Å². The Labute approximate surface area is 174 Å². The van der Waals surface area contributed by atoms with Crippen molar-refractivity contribution in [2.45, 2.75) is 32.4 Å². The molecule has 1 N–H and O–H groups in total. The van der Waals surface area contributed by atoms with Crippen LogP contribution in [0.4, 0.5) is 10.1 Å². The molecule has 0 saturated heterocycles. The normalized spacial score (nSPS) is 22.8. The van der Waals surface area contributed by atoms with E-state index in [1.807, 2.05) is 23.3 Å². The molecule has 1 aromatic carbocycles. The second-order valence-corrected chi connectivity index (χ2v) is 7.55. The molecule has 30 heavy (non-hydrogen) atoms. The quantitative estimate of drug-likeness (QED) is 0.839. The fourth-order valence-electron chi connectivity index (χ4n) is 3.74. The highest BCUT2D eigenvalue weighted by molar-refractivity contribution is 6.40. The maximum absolute atomic E-state index is 15.0. The van der Waals surface area contributed by atoms with Gasteiger partial charge in [-0.05, 0) is 42.8 Å². The summed E-state index contributed by atoms with van der Waals surface area (Å²) in [6.07, 6.45) is 10.3. The van der Waals surface area contributed by atoms with Crippen LogP contribution in [-0.2, 0) is 22.6 Å². The molecule has 3 heterocycles. The van der Waals surface area contributed by atoms with Crippen LogP contribution in [0.3, 0.4) is 0 Å². The Bertz CT molecular complexity index is 1050. The van der Waals surface area contributed by atoms with Gasteiger partial charge in [-0.25, -0.2) is 9.38 Å².